The second-order valence-corrected chi connectivity index (χ2v) is 5.60. The number of rotatable bonds is 8. The number of hydrogen-bond acceptors (Lipinski definition) is 2. The van der Waals surface area contributed by atoms with Gasteiger partial charge in [0.15, 0.2) is 11.6 Å². The largest absolute Gasteiger partial charge is 0.490 e. The van der Waals surface area contributed by atoms with E-state index >= 15 is 0 Å². The topological polar surface area (TPSA) is 35.2 Å². The molecule has 0 unspecified atom stereocenters. The third-order valence-corrected chi connectivity index (χ3v) is 3.81. The van der Waals surface area contributed by atoms with Gasteiger partial charge in [0.05, 0.1) is 11.1 Å². The fraction of sp³-hybridized carbons (Fsp3) is 0.500. The minimum Gasteiger partial charge on any atom is -0.490 e. The number of thiocarbonyl (C=S) groups is 1. The van der Waals surface area contributed by atoms with Crippen LogP contribution in [0.25, 0.3) is 0 Å². The molecule has 0 aliphatic rings. The summed E-state index contributed by atoms with van der Waals surface area (Å²) in [6.07, 6.45) is 5.70. The highest BCUT2D eigenvalue weighted by Crippen LogP contribution is 2.28. The quantitative estimate of drug-likeness (QED) is 0.552. The highest BCUT2D eigenvalue weighted by atomic mass is 79.9. The van der Waals surface area contributed by atoms with Crippen molar-refractivity contribution in [2.75, 3.05) is 6.61 Å². The Morgan fingerprint density at radius 2 is 2.00 bits per heavy atom. The lowest BCUT2D eigenvalue weighted by molar-refractivity contribution is 0.289. The highest BCUT2D eigenvalue weighted by molar-refractivity contribution is 9.10. The van der Waals surface area contributed by atoms with Gasteiger partial charge in [0.25, 0.3) is 0 Å². The van der Waals surface area contributed by atoms with Crippen LogP contribution < -0.4 is 10.5 Å². The van der Waals surface area contributed by atoms with Crippen molar-refractivity contribution < 1.29 is 9.13 Å². The monoisotopic (exact) mass is 347 g/mol. The lowest BCUT2D eigenvalue weighted by atomic mass is 10.2. The SMILES string of the molecule is CCCCCCCOc1ccc(C(N)=S)c(Br)c1F. The molecular weight excluding hydrogens is 329 g/mol. The first-order chi connectivity index (χ1) is 9.07. The van der Waals surface area contributed by atoms with E-state index in [-0.39, 0.29) is 15.2 Å². The first kappa shape index (κ1) is 16.4. The van der Waals surface area contributed by atoms with Crippen molar-refractivity contribution in [1.82, 2.24) is 0 Å². The number of halogens is 2. The zero-order valence-corrected chi connectivity index (χ0v) is 13.4. The molecule has 0 bridgehead atoms. The van der Waals surface area contributed by atoms with E-state index in [1.165, 1.54) is 19.3 Å². The average Bonchev–Trinajstić information content (AvgIpc) is 2.38. The van der Waals surface area contributed by atoms with E-state index < -0.39 is 5.82 Å². The van der Waals surface area contributed by atoms with E-state index in [9.17, 15) is 4.39 Å². The van der Waals surface area contributed by atoms with Crippen LogP contribution in [-0.4, -0.2) is 11.6 Å². The van der Waals surface area contributed by atoms with Gasteiger partial charge in [-0.3, -0.25) is 0 Å². The number of benzene rings is 1. The standard InChI is InChI=1S/C14H19BrFNOS/c1-2-3-4-5-6-9-18-11-8-7-10(14(17)19)12(15)13(11)16/h7-8H,2-6,9H2,1H3,(H2,17,19). The molecule has 1 aromatic carbocycles. The first-order valence-electron chi connectivity index (χ1n) is 6.48. The van der Waals surface area contributed by atoms with E-state index in [1.807, 2.05) is 0 Å². The van der Waals surface area contributed by atoms with Gasteiger partial charge in [-0.1, -0.05) is 44.8 Å². The van der Waals surface area contributed by atoms with E-state index in [1.54, 1.807) is 12.1 Å². The Labute approximate surface area is 127 Å². The summed E-state index contributed by atoms with van der Waals surface area (Å²) in [4.78, 5) is 0.164. The van der Waals surface area contributed by atoms with Crippen molar-refractivity contribution in [3.63, 3.8) is 0 Å². The summed E-state index contributed by atoms with van der Waals surface area (Å²) in [5, 5.41) is 0. The Hall–Kier alpha value is -0.680. The maximum absolute atomic E-state index is 14.0. The summed E-state index contributed by atoms with van der Waals surface area (Å²) in [7, 11) is 0. The third kappa shape index (κ3) is 5.07. The molecule has 1 rings (SSSR count). The van der Waals surface area contributed by atoms with Crippen molar-refractivity contribution in [3.8, 4) is 5.75 Å². The van der Waals surface area contributed by atoms with Gasteiger partial charge in [0.1, 0.15) is 4.99 Å². The summed E-state index contributed by atoms with van der Waals surface area (Å²) in [5.74, 6) is -0.207. The Balaban J connectivity index is 2.51. The van der Waals surface area contributed by atoms with Crippen LogP contribution in [0.4, 0.5) is 4.39 Å². The molecule has 0 radical (unpaired) electrons. The van der Waals surface area contributed by atoms with Crippen LogP contribution in [0, 0.1) is 5.82 Å². The molecule has 0 saturated heterocycles. The van der Waals surface area contributed by atoms with Crippen LogP contribution in [0.3, 0.4) is 0 Å². The predicted molar refractivity (Wildman–Crippen MR) is 84.2 cm³/mol. The van der Waals surface area contributed by atoms with Crippen molar-refractivity contribution >= 4 is 33.1 Å². The van der Waals surface area contributed by atoms with Gasteiger partial charge < -0.3 is 10.5 Å². The summed E-state index contributed by atoms with van der Waals surface area (Å²) in [6, 6.07) is 3.24. The molecular formula is C14H19BrFNOS. The van der Waals surface area contributed by atoms with Gasteiger partial charge >= 0.3 is 0 Å². The van der Waals surface area contributed by atoms with E-state index in [4.69, 9.17) is 22.7 Å². The van der Waals surface area contributed by atoms with Crippen LogP contribution >= 0.6 is 28.1 Å². The molecule has 0 aliphatic heterocycles. The summed E-state index contributed by atoms with van der Waals surface area (Å²) in [6.45, 7) is 2.70. The minimum absolute atomic E-state index is 0.164. The minimum atomic E-state index is -0.446. The van der Waals surface area contributed by atoms with Crippen LogP contribution in [-0.2, 0) is 0 Å². The van der Waals surface area contributed by atoms with Crippen molar-refractivity contribution in [2.45, 2.75) is 39.0 Å². The Morgan fingerprint density at radius 3 is 2.63 bits per heavy atom. The van der Waals surface area contributed by atoms with Gasteiger partial charge in [-0.25, -0.2) is 4.39 Å². The van der Waals surface area contributed by atoms with Crippen LogP contribution in [0.15, 0.2) is 16.6 Å². The Morgan fingerprint density at radius 1 is 1.32 bits per heavy atom. The van der Waals surface area contributed by atoms with E-state index in [0.29, 0.717) is 12.2 Å². The molecule has 1 aromatic rings. The number of unbranched alkanes of at least 4 members (excludes halogenated alkanes) is 4. The second-order valence-electron chi connectivity index (χ2n) is 4.37. The summed E-state index contributed by atoms with van der Waals surface area (Å²) < 4.78 is 19.7. The molecule has 0 aromatic heterocycles. The van der Waals surface area contributed by atoms with Crippen LogP contribution in [0.2, 0.25) is 0 Å². The van der Waals surface area contributed by atoms with E-state index in [2.05, 4.69) is 22.9 Å². The zero-order valence-electron chi connectivity index (χ0n) is 11.0. The van der Waals surface area contributed by atoms with Gasteiger partial charge in [-0.15, -0.1) is 0 Å². The molecule has 106 valence electrons. The Bertz CT molecular complexity index is 440. The van der Waals surface area contributed by atoms with Crippen molar-refractivity contribution in [3.05, 3.63) is 28.0 Å². The zero-order chi connectivity index (χ0) is 14.3. The lowest BCUT2D eigenvalue weighted by Crippen LogP contribution is -2.11. The normalized spacial score (nSPS) is 10.5. The van der Waals surface area contributed by atoms with E-state index in [0.717, 1.165) is 12.8 Å². The molecule has 0 atom stereocenters. The molecule has 5 heteroatoms. The number of nitrogens with two attached hydrogens (primary N) is 1. The molecule has 0 saturated carbocycles. The lowest BCUT2D eigenvalue weighted by Gasteiger charge is -2.10. The van der Waals surface area contributed by atoms with Crippen molar-refractivity contribution in [1.29, 1.82) is 0 Å². The molecule has 2 N–H and O–H groups in total. The van der Waals surface area contributed by atoms with Gasteiger partial charge in [-0.05, 0) is 34.5 Å². The molecule has 0 heterocycles. The maximum Gasteiger partial charge on any atom is 0.179 e. The fourth-order valence-corrected chi connectivity index (χ4v) is 2.56. The molecule has 0 aliphatic carbocycles. The molecule has 0 spiro atoms. The van der Waals surface area contributed by atoms with Gasteiger partial charge in [-0.2, -0.15) is 0 Å². The second kappa shape index (κ2) is 8.48. The third-order valence-electron chi connectivity index (χ3n) is 2.82. The van der Waals surface area contributed by atoms with Crippen molar-refractivity contribution in [2.24, 2.45) is 5.73 Å². The predicted octanol–water partition coefficient (Wildman–Crippen LogP) is 4.57. The Kier molecular flexibility index (Phi) is 7.31. The smallest absolute Gasteiger partial charge is 0.179 e. The maximum atomic E-state index is 14.0. The molecule has 0 fully saturated rings. The van der Waals surface area contributed by atoms with Gasteiger partial charge in [0.2, 0.25) is 0 Å². The summed E-state index contributed by atoms with van der Waals surface area (Å²) in [5.41, 5.74) is 5.98. The average molecular weight is 348 g/mol. The highest BCUT2D eigenvalue weighted by Gasteiger charge is 2.13. The molecule has 0 amide bonds. The molecule has 2 nitrogen and oxygen atoms in total. The van der Waals surface area contributed by atoms with Crippen LogP contribution in [0.5, 0.6) is 5.75 Å². The van der Waals surface area contributed by atoms with Gasteiger partial charge in [0, 0.05) is 5.56 Å². The first-order valence-corrected chi connectivity index (χ1v) is 7.68. The molecule has 19 heavy (non-hydrogen) atoms. The number of ether oxygens (including phenoxy) is 1. The van der Waals surface area contributed by atoms with Crippen LogP contribution in [0.1, 0.15) is 44.6 Å². The summed E-state index contributed by atoms with van der Waals surface area (Å²) >= 11 is 7.99. The number of hydrogen-bond donors (Lipinski definition) is 1. The fourth-order valence-electron chi connectivity index (χ4n) is 1.72.